The van der Waals surface area contributed by atoms with E-state index in [2.05, 4.69) is 0 Å². The van der Waals surface area contributed by atoms with Gasteiger partial charge >= 0.3 is 5.97 Å². The van der Waals surface area contributed by atoms with Crippen LogP contribution in [-0.2, 0) is 17.9 Å². The third-order valence-corrected chi connectivity index (χ3v) is 5.39. The molecule has 0 saturated heterocycles. The zero-order chi connectivity index (χ0) is 24.1. The van der Waals surface area contributed by atoms with Crippen molar-refractivity contribution in [1.29, 1.82) is 5.41 Å². The van der Waals surface area contributed by atoms with Gasteiger partial charge in [0.25, 0.3) is 5.56 Å². The van der Waals surface area contributed by atoms with Gasteiger partial charge in [0.1, 0.15) is 23.8 Å². The van der Waals surface area contributed by atoms with E-state index < -0.39 is 11.5 Å². The number of nitrogens with one attached hydrogen (secondary N) is 1. The van der Waals surface area contributed by atoms with Gasteiger partial charge in [0, 0.05) is 10.9 Å². The zero-order valence-corrected chi connectivity index (χ0v) is 18.8. The first-order valence-electron chi connectivity index (χ1n) is 10.9. The molecule has 172 valence electrons. The van der Waals surface area contributed by atoms with Crippen LogP contribution in [0, 0.1) is 5.41 Å². The van der Waals surface area contributed by atoms with Gasteiger partial charge in [0.05, 0.1) is 18.7 Å². The summed E-state index contributed by atoms with van der Waals surface area (Å²) < 4.78 is 12.6. The van der Waals surface area contributed by atoms with Crippen molar-refractivity contribution < 1.29 is 14.3 Å². The largest absolute Gasteiger partial charge is 0.489 e. The van der Waals surface area contributed by atoms with E-state index in [4.69, 9.17) is 20.6 Å². The lowest BCUT2D eigenvalue weighted by molar-refractivity contribution is 0.0524. The lowest BCUT2D eigenvalue weighted by Gasteiger charge is -2.15. The molecule has 0 fully saturated rings. The number of carbonyl (C=O) groups is 1. The first-order valence-corrected chi connectivity index (χ1v) is 10.9. The van der Waals surface area contributed by atoms with Crippen LogP contribution in [0.3, 0.4) is 0 Å². The maximum absolute atomic E-state index is 13.3. The summed E-state index contributed by atoms with van der Waals surface area (Å²) in [7, 11) is 0. The minimum atomic E-state index is -0.670. The number of nitrogens with zero attached hydrogens (tertiary/aromatic N) is 1. The third-order valence-electron chi connectivity index (χ3n) is 5.39. The predicted molar refractivity (Wildman–Crippen MR) is 131 cm³/mol. The average Bonchev–Trinajstić information content (AvgIpc) is 2.85. The number of nitrogen functional groups attached to an aromatic ring is 1. The number of nitrogens with two attached hydrogens (primary N) is 1. The molecule has 0 amide bonds. The van der Waals surface area contributed by atoms with Crippen LogP contribution < -0.4 is 16.0 Å². The van der Waals surface area contributed by atoms with Crippen molar-refractivity contribution in [3.63, 3.8) is 0 Å². The summed E-state index contributed by atoms with van der Waals surface area (Å²) in [5, 5.41) is 8.36. The van der Waals surface area contributed by atoms with Crippen molar-refractivity contribution in [3.8, 4) is 5.75 Å². The van der Waals surface area contributed by atoms with E-state index in [-0.39, 0.29) is 24.6 Å². The Morgan fingerprint density at radius 3 is 2.47 bits per heavy atom. The molecule has 34 heavy (non-hydrogen) atoms. The molecule has 3 N–H and O–H groups in total. The molecule has 0 atom stereocenters. The number of pyridine rings is 1. The lowest BCUT2D eigenvalue weighted by atomic mass is 10.1. The van der Waals surface area contributed by atoms with Gasteiger partial charge < -0.3 is 19.8 Å². The quantitative estimate of drug-likeness (QED) is 0.236. The van der Waals surface area contributed by atoms with Gasteiger partial charge in [-0.25, -0.2) is 4.79 Å². The topological polar surface area (TPSA) is 107 Å². The number of aromatic nitrogens is 1. The second-order valence-corrected chi connectivity index (χ2v) is 7.78. The molecule has 0 bridgehead atoms. The van der Waals surface area contributed by atoms with Crippen molar-refractivity contribution >= 4 is 22.7 Å². The summed E-state index contributed by atoms with van der Waals surface area (Å²) in [5.41, 5.74) is 8.16. The van der Waals surface area contributed by atoms with E-state index in [1.807, 2.05) is 42.5 Å². The summed E-state index contributed by atoms with van der Waals surface area (Å²) >= 11 is 0. The molecule has 1 aromatic heterocycles. The first kappa shape index (κ1) is 22.8. The fourth-order valence-electron chi connectivity index (χ4n) is 3.73. The van der Waals surface area contributed by atoms with E-state index in [9.17, 15) is 9.59 Å². The van der Waals surface area contributed by atoms with E-state index in [1.54, 1.807) is 43.3 Å². The molecule has 0 saturated carbocycles. The van der Waals surface area contributed by atoms with Gasteiger partial charge in [-0.1, -0.05) is 48.5 Å². The Hall–Kier alpha value is -4.39. The summed E-state index contributed by atoms with van der Waals surface area (Å²) in [6.45, 7) is 2.46. The van der Waals surface area contributed by atoms with Crippen molar-refractivity contribution in [2.45, 2.75) is 20.1 Å². The number of ether oxygens (including phenoxy) is 2. The van der Waals surface area contributed by atoms with Crippen LogP contribution >= 0.6 is 0 Å². The number of hydrogen-bond donors (Lipinski definition) is 2. The molecule has 3 aromatic carbocycles. The SMILES string of the molecule is CCOC(=O)c1cc2cc(OCc3ccccc3)ccc2n(Cc2cccc(C(=N)N)c2)c1=O. The lowest BCUT2D eigenvalue weighted by Crippen LogP contribution is -2.28. The molecule has 1 heterocycles. The molecule has 0 unspecified atom stereocenters. The number of carbonyl (C=O) groups excluding carboxylic acids is 1. The number of hydrogen-bond acceptors (Lipinski definition) is 5. The first-order chi connectivity index (χ1) is 16.5. The summed E-state index contributed by atoms with van der Waals surface area (Å²) in [6.07, 6.45) is 0. The highest BCUT2D eigenvalue weighted by molar-refractivity contribution is 5.95. The van der Waals surface area contributed by atoms with Crippen LogP contribution in [0.2, 0.25) is 0 Å². The molecule has 0 aliphatic heterocycles. The molecular weight excluding hydrogens is 430 g/mol. The summed E-state index contributed by atoms with van der Waals surface area (Å²) in [5.74, 6) is -0.106. The van der Waals surface area contributed by atoms with Gasteiger partial charge in [-0.2, -0.15) is 0 Å². The van der Waals surface area contributed by atoms with E-state index in [0.29, 0.717) is 28.8 Å². The molecule has 4 aromatic rings. The molecule has 7 heteroatoms. The molecule has 0 aliphatic rings. The number of esters is 1. The van der Waals surface area contributed by atoms with Crippen LogP contribution in [0.5, 0.6) is 5.75 Å². The maximum atomic E-state index is 13.3. The Bertz CT molecular complexity index is 1410. The van der Waals surface area contributed by atoms with Crippen LogP contribution in [0.25, 0.3) is 10.9 Å². The van der Waals surface area contributed by atoms with E-state index in [0.717, 1.165) is 11.1 Å². The molecule has 4 rings (SSSR count). The highest BCUT2D eigenvalue weighted by Crippen LogP contribution is 2.23. The second kappa shape index (κ2) is 10.0. The number of amidine groups is 1. The molecule has 7 nitrogen and oxygen atoms in total. The van der Waals surface area contributed by atoms with Crippen molar-refractivity contribution in [2.75, 3.05) is 6.61 Å². The van der Waals surface area contributed by atoms with Crippen LogP contribution in [0.15, 0.2) is 83.7 Å². The third kappa shape index (κ3) is 4.99. The number of benzene rings is 3. The average molecular weight is 456 g/mol. The maximum Gasteiger partial charge on any atom is 0.343 e. The van der Waals surface area contributed by atoms with E-state index >= 15 is 0 Å². The van der Waals surface area contributed by atoms with Gasteiger partial charge in [0.15, 0.2) is 0 Å². The normalized spacial score (nSPS) is 10.7. The van der Waals surface area contributed by atoms with Gasteiger partial charge in [0.2, 0.25) is 0 Å². The van der Waals surface area contributed by atoms with Crippen molar-refractivity contribution in [2.24, 2.45) is 5.73 Å². The van der Waals surface area contributed by atoms with Gasteiger partial charge in [-0.15, -0.1) is 0 Å². The minimum absolute atomic E-state index is 0.0442. The Kier molecular flexibility index (Phi) is 6.73. The predicted octanol–water partition coefficient (Wildman–Crippen LogP) is 4.09. The zero-order valence-electron chi connectivity index (χ0n) is 18.8. The Labute approximate surface area is 196 Å². The highest BCUT2D eigenvalue weighted by Gasteiger charge is 2.18. The standard InChI is InChI=1S/C27H25N3O4/c1-2-33-27(32)23-15-21-14-22(34-17-18-7-4-3-5-8-18)11-12-24(21)30(26(23)31)16-19-9-6-10-20(13-19)25(28)29/h3-15H,2,16-17H2,1H3,(H3,28,29). The highest BCUT2D eigenvalue weighted by atomic mass is 16.5. The molecular formula is C27H25N3O4. The van der Waals surface area contributed by atoms with Gasteiger partial charge in [-0.3, -0.25) is 10.2 Å². The van der Waals surface area contributed by atoms with Crippen LogP contribution in [0.4, 0.5) is 0 Å². The van der Waals surface area contributed by atoms with Crippen LogP contribution in [0.1, 0.15) is 34.0 Å². The summed E-state index contributed by atoms with van der Waals surface area (Å²) in [6, 6.07) is 23.9. The summed E-state index contributed by atoms with van der Waals surface area (Å²) in [4.78, 5) is 25.8. The number of rotatable bonds is 8. The minimum Gasteiger partial charge on any atom is -0.489 e. The monoisotopic (exact) mass is 455 g/mol. The molecule has 0 radical (unpaired) electrons. The Morgan fingerprint density at radius 1 is 0.971 bits per heavy atom. The Morgan fingerprint density at radius 2 is 1.74 bits per heavy atom. The molecule has 0 spiro atoms. The fraction of sp³-hybridized carbons (Fsp3) is 0.148. The fourth-order valence-corrected chi connectivity index (χ4v) is 3.73. The molecule has 0 aliphatic carbocycles. The second-order valence-electron chi connectivity index (χ2n) is 7.78. The smallest absolute Gasteiger partial charge is 0.343 e. The van der Waals surface area contributed by atoms with Gasteiger partial charge in [-0.05, 0) is 48.4 Å². The Balaban J connectivity index is 1.76. The van der Waals surface area contributed by atoms with Crippen molar-refractivity contribution in [3.05, 3.63) is 111 Å². The van der Waals surface area contributed by atoms with Crippen LogP contribution in [-0.4, -0.2) is 23.0 Å². The van der Waals surface area contributed by atoms with Crippen molar-refractivity contribution in [1.82, 2.24) is 4.57 Å². The van der Waals surface area contributed by atoms with E-state index in [1.165, 1.54) is 4.57 Å². The number of fused-ring (bicyclic) bond motifs is 1.